The molecule has 0 bridgehead atoms. The van der Waals surface area contributed by atoms with Crippen LogP contribution in [0.5, 0.6) is 0 Å². The Labute approximate surface area is 102 Å². The van der Waals surface area contributed by atoms with Gasteiger partial charge in [0.1, 0.15) is 0 Å². The highest BCUT2D eigenvalue weighted by atomic mass is 14.2. The zero-order valence-electron chi connectivity index (χ0n) is 11.1. The average molecular weight is 218 g/mol. The van der Waals surface area contributed by atoms with Gasteiger partial charge in [-0.05, 0) is 37.2 Å². The molecule has 0 N–H and O–H groups in total. The second kappa shape index (κ2) is 9.32. The molecule has 0 aliphatic carbocycles. The summed E-state index contributed by atoms with van der Waals surface area (Å²) in [5, 5.41) is 0. The number of hydrogen-bond donors (Lipinski definition) is 0. The highest BCUT2D eigenvalue weighted by Crippen LogP contribution is 2.23. The van der Waals surface area contributed by atoms with E-state index in [4.69, 9.17) is 6.42 Å². The van der Waals surface area contributed by atoms with Gasteiger partial charge in [0.2, 0.25) is 0 Å². The first-order chi connectivity index (χ1) is 7.61. The van der Waals surface area contributed by atoms with Crippen LogP contribution >= 0.6 is 0 Å². The lowest BCUT2D eigenvalue weighted by molar-refractivity contribution is 0.332. The summed E-state index contributed by atoms with van der Waals surface area (Å²) in [4.78, 5) is 0. The van der Waals surface area contributed by atoms with Gasteiger partial charge in [-0.25, -0.2) is 0 Å². The van der Waals surface area contributed by atoms with Gasteiger partial charge in [0.05, 0.1) is 0 Å². The van der Waals surface area contributed by atoms with Crippen LogP contribution in [-0.2, 0) is 0 Å². The summed E-state index contributed by atoms with van der Waals surface area (Å²) in [7, 11) is 0. The first kappa shape index (κ1) is 15.1. The molecule has 0 aromatic heterocycles. The Bertz CT molecular complexity index is 250. The normalized spacial score (nSPS) is 15.6. The van der Waals surface area contributed by atoms with E-state index in [9.17, 15) is 0 Å². The molecule has 0 aliphatic rings. The summed E-state index contributed by atoms with van der Waals surface area (Å²) >= 11 is 0. The Morgan fingerprint density at radius 3 is 2.31 bits per heavy atom. The molecule has 0 aromatic rings. The fraction of sp³-hybridized carbons (Fsp3) is 0.688. The molecule has 0 heterocycles. The lowest BCUT2D eigenvalue weighted by Crippen LogP contribution is -2.08. The van der Waals surface area contributed by atoms with Gasteiger partial charge in [-0.15, -0.1) is 18.1 Å². The molecule has 0 amide bonds. The minimum Gasteiger partial charge on any atom is -0.133 e. The van der Waals surface area contributed by atoms with Crippen molar-refractivity contribution in [2.75, 3.05) is 0 Å². The van der Waals surface area contributed by atoms with Gasteiger partial charge < -0.3 is 0 Å². The molecule has 0 fully saturated rings. The molecule has 0 nitrogen and oxygen atoms in total. The molecule has 16 heavy (non-hydrogen) atoms. The smallest absolute Gasteiger partial charge is 0.0171 e. The highest BCUT2D eigenvalue weighted by Gasteiger charge is 2.11. The van der Waals surface area contributed by atoms with Gasteiger partial charge in [-0.3, -0.25) is 0 Å². The van der Waals surface area contributed by atoms with Crippen molar-refractivity contribution in [3.05, 3.63) is 18.4 Å². The van der Waals surface area contributed by atoms with E-state index in [1.54, 1.807) is 0 Å². The van der Waals surface area contributed by atoms with Crippen molar-refractivity contribution in [1.82, 2.24) is 0 Å². The Kier molecular flexibility index (Phi) is 8.78. The molecular weight excluding hydrogens is 192 g/mol. The maximum atomic E-state index is 5.36. The van der Waals surface area contributed by atoms with Gasteiger partial charge in [-0.1, -0.05) is 40.2 Å². The van der Waals surface area contributed by atoms with Crippen molar-refractivity contribution in [3.8, 4) is 12.3 Å². The Morgan fingerprint density at radius 1 is 1.12 bits per heavy atom. The van der Waals surface area contributed by atoms with Crippen LogP contribution in [0.1, 0.15) is 52.9 Å². The predicted octanol–water partition coefficient (Wildman–Crippen LogP) is 4.82. The zero-order valence-corrected chi connectivity index (χ0v) is 11.1. The summed E-state index contributed by atoms with van der Waals surface area (Å²) in [6, 6.07) is 0. The molecule has 0 saturated heterocycles. The van der Waals surface area contributed by atoms with E-state index in [1.165, 1.54) is 25.7 Å². The number of allylic oxidation sites excluding steroid dienone is 1. The molecule has 0 rings (SSSR count). The van der Waals surface area contributed by atoms with Crippen LogP contribution < -0.4 is 0 Å². The Balaban J connectivity index is 3.66. The molecule has 3 unspecified atom stereocenters. The number of rotatable bonds is 8. The van der Waals surface area contributed by atoms with Crippen molar-refractivity contribution in [1.29, 1.82) is 0 Å². The van der Waals surface area contributed by atoms with Crippen molar-refractivity contribution in [2.24, 2.45) is 17.8 Å². The van der Waals surface area contributed by atoms with Gasteiger partial charge in [-0.2, -0.15) is 0 Å². The Morgan fingerprint density at radius 2 is 1.75 bits per heavy atom. The topological polar surface area (TPSA) is 0 Å². The van der Waals surface area contributed by atoms with Crippen molar-refractivity contribution < 1.29 is 0 Å². The molecule has 0 saturated carbocycles. The first-order valence-corrected chi connectivity index (χ1v) is 6.42. The average Bonchev–Trinajstić information content (AvgIpc) is 2.28. The molecule has 3 atom stereocenters. The van der Waals surface area contributed by atoms with Gasteiger partial charge in [0, 0.05) is 5.92 Å². The quantitative estimate of drug-likeness (QED) is 0.405. The maximum Gasteiger partial charge on any atom is 0.0171 e. The maximum absolute atomic E-state index is 5.36. The van der Waals surface area contributed by atoms with Crippen LogP contribution in [0.15, 0.2) is 18.4 Å². The second-order valence-corrected chi connectivity index (χ2v) is 4.94. The fourth-order valence-corrected chi connectivity index (χ4v) is 1.85. The predicted molar refractivity (Wildman–Crippen MR) is 73.1 cm³/mol. The van der Waals surface area contributed by atoms with Crippen molar-refractivity contribution >= 4 is 0 Å². The largest absolute Gasteiger partial charge is 0.133 e. The summed E-state index contributed by atoms with van der Waals surface area (Å²) < 4.78 is 0. The van der Waals surface area contributed by atoms with E-state index >= 15 is 0 Å². The molecule has 0 aliphatic heterocycles. The molecular formula is C16H26. The lowest BCUT2D eigenvalue weighted by atomic mass is 9.87. The second-order valence-electron chi connectivity index (χ2n) is 4.94. The van der Waals surface area contributed by atoms with E-state index in [0.717, 1.165) is 18.3 Å². The van der Waals surface area contributed by atoms with Crippen molar-refractivity contribution in [2.45, 2.75) is 52.9 Å². The van der Waals surface area contributed by atoms with Gasteiger partial charge >= 0.3 is 0 Å². The van der Waals surface area contributed by atoms with Crippen LogP contribution in [-0.4, -0.2) is 0 Å². The van der Waals surface area contributed by atoms with E-state index in [1.807, 2.05) is 6.08 Å². The minimum absolute atomic E-state index is 0.436. The monoisotopic (exact) mass is 218 g/mol. The molecule has 90 valence electrons. The highest BCUT2D eigenvalue weighted by molar-refractivity contribution is 4.89. The van der Waals surface area contributed by atoms with Crippen molar-refractivity contribution in [3.63, 3.8) is 0 Å². The Hall–Kier alpha value is -0.920. The summed E-state index contributed by atoms with van der Waals surface area (Å²) in [6.07, 6.45) is 13.5. The summed E-state index contributed by atoms with van der Waals surface area (Å²) in [5.74, 6) is 4.80. The zero-order chi connectivity index (χ0) is 12.4. The van der Waals surface area contributed by atoms with E-state index in [0.29, 0.717) is 5.92 Å². The van der Waals surface area contributed by atoms with Crippen LogP contribution in [0.3, 0.4) is 0 Å². The van der Waals surface area contributed by atoms with Gasteiger partial charge in [0.15, 0.2) is 0 Å². The number of hydrogen-bond acceptors (Lipinski definition) is 0. The number of terminal acetylenes is 1. The first-order valence-electron chi connectivity index (χ1n) is 6.42. The van der Waals surface area contributed by atoms with E-state index in [-0.39, 0.29) is 0 Å². The van der Waals surface area contributed by atoms with E-state index in [2.05, 4.69) is 39.0 Å². The minimum atomic E-state index is 0.436. The third-order valence-corrected chi connectivity index (χ3v) is 3.46. The van der Waals surface area contributed by atoms with Crippen LogP contribution in [0.25, 0.3) is 0 Å². The van der Waals surface area contributed by atoms with Gasteiger partial charge in [0.25, 0.3) is 0 Å². The van der Waals surface area contributed by atoms with E-state index < -0.39 is 0 Å². The molecule has 0 aromatic carbocycles. The molecule has 0 heteroatoms. The lowest BCUT2D eigenvalue weighted by Gasteiger charge is -2.19. The van der Waals surface area contributed by atoms with Crippen LogP contribution in [0.2, 0.25) is 0 Å². The third-order valence-electron chi connectivity index (χ3n) is 3.46. The standard InChI is InChI=1S/C16H26/c1-6-8-9-12-15(4)16(5)13-10-11-14(3)7-2/h2,8,14-16H,1,9-13H2,3-5H3. The summed E-state index contributed by atoms with van der Waals surface area (Å²) in [6.45, 7) is 10.4. The van der Waals surface area contributed by atoms with Crippen LogP contribution in [0, 0.1) is 30.1 Å². The summed E-state index contributed by atoms with van der Waals surface area (Å²) in [5.41, 5.74) is 2.83. The molecule has 0 spiro atoms. The SMILES string of the molecule is C#CC(C)CCCC(C)C(C)CCC=C=C. The van der Waals surface area contributed by atoms with Crippen LogP contribution in [0.4, 0.5) is 0 Å². The molecule has 0 radical (unpaired) electrons. The fourth-order valence-electron chi connectivity index (χ4n) is 1.85. The third kappa shape index (κ3) is 7.38.